The number of nitrogens with zero attached hydrogens (tertiary/aromatic N) is 1. The summed E-state index contributed by atoms with van der Waals surface area (Å²) in [6, 6.07) is 11.0. The van der Waals surface area contributed by atoms with E-state index in [4.69, 9.17) is 9.16 Å². The molecular formula is C18H31NO2Si. The molecule has 124 valence electrons. The van der Waals surface area contributed by atoms with Crippen molar-refractivity contribution in [1.29, 1.82) is 0 Å². The topological polar surface area (TPSA) is 21.7 Å². The van der Waals surface area contributed by atoms with Crippen molar-refractivity contribution in [3.05, 3.63) is 35.9 Å². The summed E-state index contributed by atoms with van der Waals surface area (Å²) in [6.07, 6.45) is 0. The Morgan fingerprint density at radius 3 is 2.50 bits per heavy atom. The molecule has 1 aliphatic heterocycles. The van der Waals surface area contributed by atoms with Gasteiger partial charge < -0.3 is 9.16 Å². The van der Waals surface area contributed by atoms with Gasteiger partial charge in [-0.3, -0.25) is 4.90 Å². The summed E-state index contributed by atoms with van der Waals surface area (Å²) in [6.45, 7) is 14.8. The van der Waals surface area contributed by atoms with Gasteiger partial charge in [0, 0.05) is 13.1 Å². The minimum atomic E-state index is -0.575. The molecule has 0 N–H and O–H groups in total. The maximum absolute atomic E-state index is 6.42. The van der Waals surface area contributed by atoms with Gasteiger partial charge >= 0.3 is 0 Å². The minimum absolute atomic E-state index is 0.158. The van der Waals surface area contributed by atoms with Crippen LogP contribution in [-0.4, -0.2) is 46.1 Å². The highest BCUT2D eigenvalue weighted by atomic mass is 28.2. The van der Waals surface area contributed by atoms with E-state index in [9.17, 15) is 0 Å². The molecule has 1 saturated heterocycles. The Morgan fingerprint density at radius 2 is 1.86 bits per heavy atom. The Balaban J connectivity index is 2.05. The Kier molecular flexibility index (Phi) is 5.83. The van der Waals surface area contributed by atoms with Crippen molar-refractivity contribution in [3.8, 4) is 0 Å². The van der Waals surface area contributed by atoms with Crippen molar-refractivity contribution >= 4 is 9.76 Å². The molecule has 0 bridgehead atoms. The highest BCUT2D eigenvalue weighted by Crippen LogP contribution is 2.28. The fourth-order valence-corrected chi connectivity index (χ4v) is 3.78. The van der Waals surface area contributed by atoms with Crippen LogP contribution in [0.2, 0.25) is 5.04 Å². The quantitative estimate of drug-likeness (QED) is 0.778. The lowest BCUT2D eigenvalue weighted by Crippen LogP contribution is -2.57. The van der Waals surface area contributed by atoms with Crippen molar-refractivity contribution in [1.82, 2.24) is 4.90 Å². The van der Waals surface area contributed by atoms with Gasteiger partial charge in [-0.15, -0.1) is 0 Å². The molecule has 1 aromatic carbocycles. The number of benzene rings is 1. The molecule has 0 unspecified atom stereocenters. The zero-order valence-corrected chi connectivity index (χ0v) is 16.2. The van der Waals surface area contributed by atoms with E-state index in [1.54, 1.807) is 0 Å². The fourth-order valence-electron chi connectivity index (χ4n) is 2.78. The summed E-state index contributed by atoms with van der Waals surface area (Å²) in [5.74, 6) is 0. The van der Waals surface area contributed by atoms with E-state index in [1.165, 1.54) is 5.56 Å². The molecule has 0 saturated carbocycles. The Hall–Kier alpha value is -0.683. The molecule has 0 spiro atoms. The van der Waals surface area contributed by atoms with E-state index in [1.807, 2.05) is 0 Å². The van der Waals surface area contributed by atoms with Gasteiger partial charge in [-0.05, 0) is 24.4 Å². The van der Waals surface area contributed by atoms with E-state index in [2.05, 4.69) is 69.9 Å². The lowest BCUT2D eigenvalue weighted by atomic mass is 9.96. The SMILES string of the molecule is CC(C)(C)[SiH2]OC(C)(C)[C@@H]1COCCN1Cc1ccccc1. The molecule has 1 aliphatic rings. The second-order valence-corrected chi connectivity index (χ2v) is 10.7. The Bertz CT molecular complexity index is 456. The lowest BCUT2D eigenvalue weighted by Gasteiger charge is -2.45. The highest BCUT2D eigenvalue weighted by molar-refractivity contribution is 6.31. The highest BCUT2D eigenvalue weighted by Gasteiger charge is 2.37. The van der Waals surface area contributed by atoms with Crippen molar-refractivity contribution in [2.75, 3.05) is 19.8 Å². The summed E-state index contributed by atoms with van der Waals surface area (Å²) in [4.78, 5) is 2.52. The molecule has 3 nitrogen and oxygen atoms in total. The number of rotatable bonds is 5. The Labute approximate surface area is 137 Å². The number of hydrogen-bond donors (Lipinski definition) is 0. The van der Waals surface area contributed by atoms with Crippen LogP contribution in [0.5, 0.6) is 0 Å². The predicted molar refractivity (Wildman–Crippen MR) is 94.9 cm³/mol. The van der Waals surface area contributed by atoms with E-state index in [0.29, 0.717) is 11.1 Å². The van der Waals surface area contributed by atoms with Crippen LogP contribution in [0.4, 0.5) is 0 Å². The van der Waals surface area contributed by atoms with E-state index < -0.39 is 9.76 Å². The summed E-state index contributed by atoms with van der Waals surface area (Å²) in [5, 5.41) is 0.317. The standard InChI is InChI=1S/C18H31NO2Si/c1-17(2,3)22-21-18(4,5)16-14-20-12-11-19(16)13-15-9-7-6-8-10-15/h6-10,16H,11-14,22H2,1-5H3/t16-/m0/s1. The van der Waals surface area contributed by atoms with Crippen LogP contribution in [0.1, 0.15) is 40.2 Å². The van der Waals surface area contributed by atoms with Crippen LogP contribution in [0.3, 0.4) is 0 Å². The summed E-state index contributed by atoms with van der Waals surface area (Å²) in [7, 11) is -0.575. The first kappa shape index (κ1) is 17.7. The van der Waals surface area contributed by atoms with Crippen LogP contribution >= 0.6 is 0 Å². The predicted octanol–water partition coefficient (Wildman–Crippen LogP) is 2.98. The van der Waals surface area contributed by atoms with Gasteiger partial charge in [0.15, 0.2) is 9.76 Å². The third kappa shape index (κ3) is 5.20. The first-order valence-corrected chi connectivity index (χ1v) is 9.56. The zero-order chi connectivity index (χ0) is 16.2. The van der Waals surface area contributed by atoms with Gasteiger partial charge in [0.2, 0.25) is 0 Å². The second-order valence-electron chi connectivity index (χ2n) is 8.00. The molecule has 0 radical (unpaired) electrons. The van der Waals surface area contributed by atoms with Gasteiger partial charge in [-0.25, -0.2) is 0 Å². The molecule has 4 heteroatoms. The third-order valence-electron chi connectivity index (χ3n) is 4.15. The first-order chi connectivity index (χ1) is 10.3. The number of ether oxygens (including phenoxy) is 1. The van der Waals surface area contributed by atoms with Gasteiger partial charge in [0.25, 0.3) is 0 Å². The van der Waals surface area contributed by atoms with Crippen LogP contribution < -0.4 is 0 Å². The van der Waals surface area contributed by atoms with Crippen LogP contribution in [0.15, 0.2) is 30.3 Å². The maximum Gasteiger partial charge on any atom is 0.167 e. The molecule has 1 atom stereocenters. The van der Waals surface area contributed by atoms with E-state index in [-0.39, 0.29) is 5.60 Å². The van der Waals surface area contributed by atoms with Crippen molar-refractivity contribution < 1.29 is 9.16 Å². The van der Waals surface area contributed by atoms with Crippen molar-refractivity contribution in [2.45, 2.75) is 57.8 Å². The normalized spacial score (nSPS) is 21.6. The number of morpholine rings is 1. The summed E-state index contributed by atoms with van der Waals surface area (Å²) >= 11 is 0. The fraction of sp³-hybridized carbons (Fsp3) is 0.667. The summed E-state index contributed by atoms with van der Waals surface area (Å²) in [5.41, 5.74) is 1.20. The van der Waals surface area contributed by atoms with Crippen molar-refractivity contribution in [2.24, 2.45) is 0 Å². The molecule has 0 aromatic heterocycles. The monoisotopic (exact) mass is 321 g/mol. The molecule has 1 aromatic rings. The maximum atomic E-state index is 6.42. The molecule has 1 heterocycles. The largest absolute Gasteiger partial charge is 0.417 e. The first-order valence-electron chi connectivity index (χ1n) is 8.28. The van der Waals surface area contributed by atoms with E-state index >= 15 is 0 Å². The van der Waals surface area contributed by atoms with Gasteiger partial charge in [0.1, 0.15) is 0 Å². The van der Waals surface area contributed by atoms with Crippen LogP contribution in [0, 0.1) is 0 Å². The van der Waals surface area contributed by atoms with Crippen LogP contribution in [0.25, 0.3) is 0 Å². The second kappa shape index (κ2) is 7.26. The average molecular weight is 322 g/mol. The third-order valence-corrected chi connectivity index (χ3v) is 5.90. The molecular weight excluding hydrogens is 290 g/mol. The molecule has 0 aliphatic carbocycles. The lowest BCUT2D eigenvalue weighted by molar-refractivity contribution is -0.0879. The minimum Gasteiger partial charge on any atom is -0.417 e. The van der Waals surface area contributed by atoms with Gasteiger partial charge in [-0.2, -0.15) is 0 Å². The van der Waals surface area contributed by atoms with Gasteiger partial charge in [-0.1, -0.05) is 51.1 Å². The van der Waals surface area contributed by atoms with Crippen LogP contribution in [-0.2, 0) is 15.7 Å². The molecule has 1 fully saturated rings. The van der Waals surface area contributed by atoms with E-state index in [0.717, 1.165) is 26.3 Å². The Morgan fingerprint density at radius 1 is 1.18 bits per heavy atom. The van der Waals surface area contributed by atoms with Gasteiger partial charge in [0.05, 0.1) is 24.9 Å². The number of hydrogen-bond acceptors (Lipinski definition) is 3. The molecule has 22 heavy (non-hydrogen) atoms. The zero-order valence-electron chi connectivity index (χ0n) is 14.8. The smallest absolute Gasteiger partial charge is 0.167 e. The van der Waals surface area contributed by atoms with Crippen molar-refractivity contribution in [3.63, 3.8) is 0 Å². The summed E-state index contributed by atoms with van der Waals surface area (Å²) < 4.78 is 12.2. The average Bonchev–Trinajstić information content (AvgIpc) is 2.46. The molecule has 0 amide bonds. The molecule has 2 rings (SSSR count).